The predicted octanol–water partition coefficient (Wildman–Crippen LogP) is 17.1. The Hall–Kier alpha value is -7.86. The summed E-state index contributed by atoms with van der Waals surface area (Å²) in [7, 11) is 0. The summed E-state index contributed by atoms with van der Waals surface area (Å²) >= 11 is 1.87. The Bertz CT molecular complexity index is 3850. The summed E-state index contributed by atoms with van der Waals surface area (Å²) < 4.78 is 15.7. The van der Waals surface area contributed by atoms with Gasteiger partial charge in [0.1, 0.15) is 11.2 Å². The van der Waals surface area contributed by atoms with Crippen molar-refractivity contribution in [1.82, 2.24) is 0 Å². The van der Waals surface area contributed by atoms with E-state index in [4.69, 9.17) is 8.83 Å². The molecule has 286 valence electrons. The molecular weight excluding hydrogens is 765 g/mol. The largest absolute Gasteiger partial charge is 0.454 e. The zero-order chi connectivity index (χ0) is 40.0. The van der Waals surface area contributed by atoms with Gasteiger partial charge < -0.3 is 18.6 Å². The van der Waals surface area contributed by atoms with E-state index in [1.807, 2.05) is 35.6 Å². The number of benzene rings is 10. The number of anilines is 6. The number of nitrogens with zero attached hydrogens (tertiary/aromatic N) is 2. The summed E-state index contributed by atoms with van der Waals surface area (Å²) in [5.74, 6) is 0. The molecule has 0 spiro atoms. The molecule has 61 heavy (non-hydrogen) atoms. The van der Waals surface area contributed by atoms with Crippen LogP contribution in [0, 0.1) is 0 Å². The minimum atomic E-state index is 0.870. The third-order valence-electron chi connectivity index (χ3n) is 12.2. The maximum Gasteiger partial charge on any atom is 0.159 e. The van der Waals surface area contributed by atoms with Crippen molar-refractivity contribution >= 4 is 131 Å². The summed E-state index contributed by atoms with van der Waals surface area (Å²) in [5, 5.41) is 11.9. The zero-order valence-corrected chi connectivity index (χ0v) is 33.6. The van der Waals surface area contributed by atoms with E-state index in [2.05, 4.69) is 192 Å². The van der Waals surface area contributed by atoms with Crippen LogP contribution in [-0.2, 0) is 0 Å². The van der Waals surface area contributed by atoms with Crippen molar-refractivity contribution in [2.45, 2.75) is 0 Å². The minimum Gasteiger partial charge on any atom is -0.454 e. The molecule has 0 aliphatic rings. The van der Waals surface area contributed by atoms with E-state index >= 15 is 0 Å². The molecule has 0 saturated heterocycles. The molecule has 10 aromatic carbocycles. The van der Waals surface area contributed by atoms with Crippen LogP contribution in [0.5, 0.6) is 0 Å². The lowest BCUT2D eigenvalue weighted by molar-refractivity contribution is 0.668. The van der Waals surface area contributed by atoms with Gasteiger partial charge in [-0.2, -0.15) is 0 Å². The van der Waals surface area contributed by atoms with Gasteiger partial charge in [0.2, 0.25) is 0 Å². The van der Waals surface area contributed by atoms with Crippen LogP contribution in [0.3, 0.4) is 0 Å². The molecule has 0 bridgehead atoms. The van der Waals surface area contributed by atoms with Crippen LogP contribution < -0.4 is 9.80 Å². The Labute approximate surface area is 354 Å². The van der Waals surface area contributed by atoms with Crippen molar-refractivity contribution in [2.75, 3.05) is 9.80 Å². The van der Waals surface area contributed by atoms with Gasteiger partial charge in [-0.3, -0.25) is 0 Å². The summed E-state index contributed by atoms with van der Waals surface area (Å²) in [4.78, 5) is 4.67. The molecule has 0 atom stereocenters. The van der Waals surface area contributed by atoms with Gasteiger partial charge in [0.25, 0.3) is 0 Å². The standard InChI is InChI=1S/C56H34N2O2S/c1-3-15-35(16-4-1)57(48-25-13-23-43-40-20-9-11-27-50(40)59-54(43)48)37-29-31-45-47(33-37)39-19-7-8-22-42(39)53-46-32-30-38(34-52(46)61-56(45)53)58(36-17-5-2-6-18-36)49-26-14-24-44-41-21-10-12-28-51(41)60-55(44)49/h1-34H. The van der Waals surface area contributed by atoms with E-state index in [1.54, 1.807) is 0 Å². The van der Waals surface area contributed by atoms with Crippen molar-refractivity contribution in [2.24, 2.45) is 0 Å². The van der Waals surface area contributed by atoms with Crippen molar-refractivity contribution in [3.8, 4) is 0 Å². The van der Waals surface area contributed by atoms with Gasteiger partial charge in [-0.25, -0.2) is 0 Å². The number of hydrogen-bond acceptors (Lipinski definition) is 5. The van der Waals surface area contributed by atoms with Gasteiger partial charge >= 0.3 is 0 Å². The number of thiophene rings is 1. The van der Waals surface area contributed by atoms with E-state index in [1.165, 1.54) is 41.7 Å². The van der Waals surface area contributed by atoms with Gasteiger partial charge in [-0.15, -0.1) is 11.3 Å². The number of fused-ring (bicyclic) bond motifs is 14. The second-order valence-electron chi connectivity index (χ2n) is 15.6. The second kappa shape index (κ2) is 13.3. The normalized spacial score (nSPS) is 11.9. The van der Waals surface area contributed by atoms with Gasteiger partial charge in [-0.1, -0.05) is 133 Å². The summed E-state index contributed by atoms with van der Waals surface area (Å²) in [5.41, 5.74) is 9.80. The van der Waals surface area contributed by atoms with Crippen LogP contribution >= 0.6 is 11.3 Å². The van der Waals surface area contributed by atoms with Gasteiger partial charge in [0, 0.05) is 69.9 Å². The number of furan rings is 2. The molecule has 13 aromatic rings. The number of para-hydroxylation sites is 6. The van der Waals surface area contributed by atoms with Crippen LogP contribution in [0.25, 0.3) is 85.6 Å². The first-order valence-corrected chi connectivity index (χ1v) is 21.4. The van der Waals surface area contributed by atoms with Crippen LogP contribution in [0.15, 0.2) is 215 Å². The van der Waals surface area contributed by atoms with Crippen molar-refractivity contribution in [3.05, 3.63) is 206 Å². The third-order valence-corrected chi connectivity index (χ3v) is 13.4. The highest BCUT2D eigenvalue weighted by atomic mass is 32.1. The van der Waals surface area contributed by atoms with E-state index < -0.39 is 0 Å². The molecule has 5 heteroatoms. The van der Waals surface area contributed by atoms with Crippen LogP contribution in [-0.4, -0.2) is 0 Å². The number of rotatable bonds is 6. The average Bonchev–Trinajstić information content (AvgIpc) is 4.02. The first-order valence-electron chi connectivity index (χ1n) is 20.6. The van der Waals surface area contributed by atoms with E-state index in [0.29, 0.717) is 0 Å². The maximum absolute atomic E-state index is 6.63. The van der Waals surface area contributed by atoms with E-state index in [0.717, 1.165) is 78.0 Å². The molecule has 4 nitrogen and oxygen atoms in total. The lowest BCUT2D eigenvalue weighted by Gasteiger charge is -2.26. The smallest absolute Gasteiger partial charge is 0.159 e. The Morgan fingerprint density at radius 1 is 0.311 bits per heavy atom. The first-order chi connectivity index (χ1) is 30.3. The predicted molar refractivity (Wildman–Crippen MR) is 258 cm³/mol. The Morgan fingerprint density at radius 3 is 1.38 bits per heavy atom. The fourth-order valence-electron chi connectivity index (χ4n) is 9.53. The van der Waals surface area contributed by atoms with Crippen LogP contribution in [0.1, 0.15) is 0 Å². The second-order valence-corrected chi connectivity index (χ2v) is 16.7. The summed E-state index contributed by atoms with van der Waals surface area (Å²) in [6, 6.07) is 73.5. The SMILES string of the molecule is c1ccc(N(c2ccc3c(c2)sc2c4ccc(N(c5ccccc5)c5cccc6c5oc5ccccc56)cc4c4ccccc4c32)c2cccc3c2oc2ccccc23)cc1. The monoisotopic (exact) mass is 798 g/mol. The summed E-state index contributed by atoms with van der Waals surface area (Å²) in [6.45, 7) is 0. The molecule has 0 saturated carbocycles. The molecule has 0 unspecified atom stereocenters. The van der Waals surface area contributed by atoms with Crippen molar-refractivity contribution in [3.63, 3.8) is 0 Å². The molecular formula is C56H34N2O2S. The van der Waals surface area contributed by atoms with Crippen molar-refractivity contribution in [1.29, 1.82) is 0 Å². The lowest BCUT2D eigenvalue weighted by atomic mass is 9.96. The highest BCUT2D eigenvalue weighted by Crippen LogP contribution is 2.49. The maximum atomic E-state index is 6.63. The van der Waals surface area contributed by atoms with E-state index in [9.17, 15) is 0 Å². The van der Waals surface area contributed by atoms with Crippen molar-refractivity contribution < 1.29 is 8.83 Å². The Balaban J connectivity index is 1.02. The highest BCUT2D eigenvalue weighted by molar-refractivity contribution is 7.27. The van der Waals surface area contributed by atoms with Gasteiger partial charge in [0.05, 0.1) is 11.4 Å². The first kappa shape index (κ1) is 34.0. The highest BCUT2D eigenvalue weighted by Gasteiger charge is 2.23. The molecule has 0 N–H and O–H groups in total. The molecule has 0 aliphatic carbocycles. The van der Waals surface area contributed by atoms with Crippen LogP contribution in [0.2, 0.25) is 0 Å². The molecule has 0 radical (unpaired) electrons. The molecule has 13 rings (SSSR count). The van der Waals surface area contributed by atoms with Crippen LogP contribution in [0.4, 0.5) is 34.1 Å². The summed E-state index contributed by atoms with van der Waals surface area (Å²) in [6.07, 6.45) is 0. The number of hydrogen-bond donors (Lipinski definition) is 0. The fraction of sp³-hybridized carbons (Fsp3) is 0. The van der Waals surface area contributed by atoms with E-state index in [-0.39, 0.29) is 0 Å². The zero-order valence-electron chi connectivity index (χ0n) is 32.7. The lowest BCUT2D eigenvalue weighted by Crippen LogP contribution is -2.10. The quantitative estimate of drug-likeness (QED) is 0.157. The molecule has 3 heterocycles. The van der Waals surface area contributed by atoms with Gasteiger partial charge in [-0.05, 0) is 89.0 Å². The Kier molecular flexibility index (Phi) is 7.44. The molecule has 3 aromatic heterocycles. The molecule has 0 fully saturated rings. The molecule has 0 amide bonds. The Morgan fingerprint density at radius 2 is 0.787 bits per heavy atom. The minimum absolute atomic E-state index is 0.870. The fourth-order valence-corrected chi connectivity index (χ4v) is 10.8. The van der Waals surface area contributed by atoms with Gasteiger partial charge in [0.15, 0.2) is 11.2 Å². The topological polar surface area (TPSA) is 32.8 Å². The third kappa shape index (κ3) is 5.18. The molecule has 0 aliphatic heterocycles. The average molecular weight is 799 g/mol.